The Morgan fingerprint density at radius 3 is 2.22 bits per heavy atom. The molecule has 3 aromatic carbocycles. The van der Waals surface area contributed by atoms with Gasteiger partial charge < -0.3 is 9.80 Å². The third kappa shape index (κ3) is 6.14. The summed E-state index contributed by atoms with van der Waals surface area (Å²) in [4.78, 5) is 13.2. The predicted octanol–water partition coefficient (Wildman–Crippen LogP) is 7.79. The summed E-state index contributed by atoms with van der Waals surface area (Å²) in [6.45, 7) is 7.65. The molecule has 0 aromatic heterocycles. The fraction of sp³-hybridized carbons (Fsp3) is 0.364. The summed E-state index contributed by atoms with van der Waals surface area (Å²) in [6, 6.07) is 24.3. The third-order valence-corrected chi connectivity index (χ3v) is 7.78. The van der Waals surface area contributed by atoms with Gasteiger partial charge in [-0.15, -0.1) is 0 Å². The van der Waals surface area contributed by atoms with Crippen LogP contribution in [0.3, 0.4) is 0 Å². The van der Waals surface area contributed by atoms with Crippen LogP contribution >= 0.6 is 0 Å². The maximum Gasteiger partial charge on any atom is 0.251 e. The van der Waals surface area contributed by atoms with Crippen LogP contribution < -0.4 is 5.32 Å². The molecule has 3 aromatic rings. The maximum absolute atomic E-state index is 13.2. The topological polar surface area (TPSA) is 29.1 Å². The van der Waals surface area contributed by atoms with Gasteiger partial charge in [0.25, 0.3) is 5.91 Å². The zero-order valence-electron chi connectivity index (χ0n) is 22.6. The molecule has 0 aliphatic heterocycles. The van der Waals surface area contributed by atoms with E-state index in [9.17, 15) is 4.79 Å². The van der Waals surface area contributed by atoms with Crippen LogP contribution in [-0.2, 0) is 17.8 Å². The van der Waals surface area contributed by atoms with E-state index in [1.807, 2.05) is 12.1 Å². The van der Waals surface area contributed by atoms with E-state index in [4.69, 9.17) is 0 Å². The lowest BCUT2D eigenvalue weighted by Gasteiger charge is -2.37. The second-order valence-corrected chi connectivity index (χ2v) is 10.9. The minimum absolute atomic E-state index is 0.00415. The first-order chi connectivity index (χ1) is 17.3. The molecule has 0 saturated carbocycles. The monoisotopic (exact) mass is 481 g/mol. The summed E-state index contributed by atoms with van der Waals surface area (Å²) in [7, 11) is 4.63. The van der Waals surface area contributed by atoms with E-state index in [0.717, 1.165) is 47.1 Å². The molecule has 0 radical (unpaired) electrons. The molecule has 0 bridgehead atoms. The van der Waals surface area contributed by atoms with Crippen molar-refractivity contribution in [2.24, 2.45) is 0 Å². The van der Waals surface area contributed by atoms with Gasteiger partial charge in [-0.1, -0.05) is 67.9 Å². The Morgan fingerprint density at radius 1 is 0.889 bits per heavy atom. The molecule has 1 amide bonds. The van der Waals surface area contributed by atoms with Gasteiger partial charge in [0.15, 0.2) is 0 Å². The number of quaternary nitrogens is 1. The molecule has 4 rings (SSSR count). The third-order valence-electron chi connectivity index (χ3n) is 7.78. The van der Waals surface area contributed by atoms with Gasteiger partial charge in [0.05, 0.1) is 20.1 Å². The Hall–Kier alpha value is -3.17. The lowest BCUT2D eigenvalue weighted by Crippen LogP contribution is -2.47. The van der Waals surface area contributed by atoms with E-state index in [2.05, 4.69) is 101 Å². The zero-order valence-corrected chi connectivity index (χ0v) is 22.6. The highest BCUT2D eigenvalue weighted by Crippen LogP contribution is 2.29. The summed E-state index contributed by atoms with van der Waals surface area (Å²) in [5.41, 5.74) is 9.14. The van der Waals surface area contributed by atoms with Crippen molar-refractivity contribution in [2.45, 2.75) is 65.5 Å². The SMILES string of the molecule is CCC(CC)[N+](C)(C)Cc1ccc(NC(=O)C2=Cc3cc(-c4ccc(C)cc4)ccc3CCC2)cc1. The van der Waals surface area contributed by atoms with Gasteiger partial charge in [-0.3, -0.25) is 4.79 Å². The lowest BCUT2D eigenvalue weighted by atomic mass is 9.97. The molecule has 3 nitrogen and oxygen atoms in total. The Bertz CT molecular complexity index is 1220. The van der Waals surface area contributed by atoms with Crippen molar-refractivity contribution in [1.29, 1.82) is 0 Å². The highest BCUT2D eigenvalue weighted by Gasteiger charge is 2.25. The van der Waals surface area contributed by atoms with Crippen LogP contribution in [0.5, 0.6) is 0 Å². The fourth-order valence-electron chi connectivity index (χ4n) is 5.57. The average molecular weight is 482 g/mol. The molecule has 1 N–H and O–H groups in total. The first-order valence-electron chi connectivity index (χ1n) is 13.4. The number of aryl methyl sites for hydroxylation is 2. The Balaban J connectivity index is 1.48. The normalized spacial score (nSPS) is 13.7. The van der Waals surface area contributed by atoms with Crippen molar-refractivity contribution < 1.29 is 9.28 Å². The van der Waals surface area contributed by atoms with E-state index in [-0.39, 0.29) is 5.91 Å². The Kier molecular flexibility index (Phi) is 8.11. The highest BCUT2D eigenvalue weighted by molar-refractivity contribution is 6.07. The van der Waals surface area contributed by atoms with Crippen LogP contribution in [0.4, 0.5) is 5.69 Å². The minimum atomic E-state index is 0.00415. The van der Waals surface area contributed by atoms with Crippen molar-refractivity contribution >= 4 is 17.7 Å². The van der Waals surface area contributed by atoms with Crippen LogP contribution in [0.1, 0.15) is 61.8 Å². The highest BCUT2D eigenvalue weighted by atomic mass is 16.1. The van der Waals surface area contributed by atoms with Crippen molar-refractivity contribution in [2.75, 3.05) is 19.4 Å². The number of carbonyl (C=O) groups is 1. The van der Waals surface area contributed by atoms with Crippen LogP contribution in [0.15, 0.2) is 72.3 Å². The van der Waals surface area contributed by atoms with Crippen molar-refractivity contribution in [3.05, 3.63) is 94.6 Å². The Morgan fingerprint density at radius 2 is 1.56 bits per heavy atom. The standard InChI is InChI=1S/C33H40N2O/c1-6-32(7-2)35(4,5)23-25-13-19-31(20-14-25)34-33(36)29-10-8-9-26-17-18-28(21-30(26)22-29)27-15-11-24(3)12-16-27/h11-22,32H,6-10,23H2,1-5H3/p+1. The number of rotatable bonds is 8. The summed E-state index contributed by atoms with van der Waals surface area (Å²) in [6.07, 6.45) is 7.23. The van der Waals surface area contributed by atoms with E-state index >= 15 is 0 Å². The quantitative estimate of drug-likeness (QED) is 0.327. The Labute approximate surface area is 217 Å². The molecule has 0 saturated heterocycles. The summed E-state index contributed by atoms with van der Waals surface area (Å²) in [5.74, 6) is 0.00415. The number of hydrogen-bond acceptors (Lipinski definition) is 1. The molecule has 0 atom stereocenters. The van der Waals surface area contributed by atoms with E-state index < -0.39 is 0 Å². The zero-order chi connectivity index (χ0) is 25.7. The van der Waals surface area contributed by atoms with Gasteiger partial charge in [-0.05, 0) is 85.6 Å². The number of hydrogen-bond donors (Lipinski definition) is 1. The largest absolute Gasteiger partial charge is 0.322 e. The summed E-state index contributed by atoms with van der Waals surface area (Å²) < 4.78 is 0.982. The van der Waals surface area contributed by atoms with Gasteiger partial charge in [0.1, 0.15) is 6.54 Å². The average Bonchev–Trinajstić information content (AvgIpc) is 3.08. The molecular formula is C33H41N2O+. The van der Waals surface area contributed by atoms with Crippen molar-refractivity contribution in [3.8, 4) is 11.1 Å². The van der Waals surface area contributed by atoms with E-state index in [0.29, 0.717) is 6.04 Å². The number of nitrogens with zero attached hydrogens (tertiary/aromatic N) is 1. The van der Waals surface area contributed by atoms with Crippen molar-refractivity contribution in [3.63, 3.8) is 0 Å². The van der Waals surface area contributed by atoms with E-state index in [1.54, 1.807) is 0 Å². The van der Waals surface area contributed by atoms with Gasteiger partial charge in [0.2, 0.25) is 0 Å². The maximum atomic E-state index is 13.2. The van der Waals surface area contributed by atoms with Crippen molar-refractivity contribution in [1.82, 2.24) is 0 Å². The molecule has 0 heterocycles. The van der Waals surface area contributed by atoms with Crippen LogP contribution in [0.25, 0.3) is 17.2 Å². The van der Waals surface area contributed by atoms with E-state index in [1.165, 1.54) is 40.7 Å². The number of amides is 1. The van der Waals surface area contributed by atoms with Crippen LogP contribution in [-0.4, -0.2) is 30.5 Å². The molecule has 0 fully saturated rings. The molecule has 188 valence electrons. The number of fused-ring (bicyclic) bond motifs is 1. The molecular weight excluding hydrogens is 440 g/mol. The lowest BCUT2D eigenvalue weighted by molar-refractivity contribution is -0.928. The van der Waals surface area contributed by atoms with Gasteiger partial charge in [-0.2, -0.15) is 0 Å². The second kappa shape index (κ2) is 11.3. The summed E-state index contributed by atoms with van der Waals surface area (Å²) in [5, 5.41) is 3.15. The number of anilines is 1. The number of benzene rings is 3. The molecule has 0 spiro atoms. The second-order valence-electron chi connectivity index (χ2n) is 10.9. The molecule has 0 unspecified atom stereocenters. The molecule has 36 heavy (non-hydrogen) atoms. The minimum Gasteiger partial charge on any atom is -0.322 e. The van der Waals surface area contributed by atoms with Gasteiger partial charge in [0, 0.05) is 16.8 Å². The smallest absolute Gasteiger partial charge is 0.251 e. The number of nitrogens with one attached hydrogen (secondary N) is 1. The van der Waals surface area contributed by atoms with Gasteiger partial charge >= 0.3 is 0 Å². The first kappa shape index (κ1) is 25.9. The predicted molar refractivity (Wildman–Crippen MR) is 153 cm³/mol. The van der Waals surface area contributed by atoms with Crippen LogP contribution in [0, 0.1) is 6.92 Å². The molecule has 3 heteroatoms. The summed E-state index contributed by atoms with van der Waals surface area (Å²) >= 11 is 0. The van der Waals surface area contributed by atoms with Crippen LogP contribution in [0.2, 0.25) is 0 Å². The fourth-order valence-corrected chi connectivity index (χ4v) is 5.57. The molecule has 1 aliphatic rings. The van der Waals surface area contributed by atoms with Gasteiger partial charge in [-0.25, -0.2) is 0 Å². The first-order valence-corrected chi connectivity index (χ1v) is 13.4. The number of carbonyl (C=O) groups excluding carboxylic acids is 1. The molecule has 1 aliphatic carbocycles.